The third-order valence-corrected chi connectivity index (χ3v) is 3.10. The highest BCUT2D eigenvalue weighted by molar-refractivity contribution is 14.0. The molecule has 0 aliphatic carbocycles. The predicted molar refractivity (Wildman–Crippen MR) is 103 cm³/mol. The molecule has 0 amide bonds. The molecule has 1 aromatic rings. The fourth-order valence-electron chi connectivity index (χ4n) is 1.65. The Hall–Kier alpha value is -0.600. The van der Waals surface area contributed by atoms with Gasteiger partial charge in [-0.05, 0) is 24.5 Å². The van der Waals surface area contributed by atoms with Crippen molar-refractivity contribution in [2.75, 3.05) is 26.8 Å². The van der Waals surface area contributed by atoms with Crippen molar-refractivity contribution in [3.8, 4) is 0 Å². The summed E-state index contributed by atoms with van der Waals surface area (Å²) in [5.74, 6) is 0.776. The fraction of sp³-hybridized carbons (Fsp3) is 0.600. The minimum atomic E-state index is 0. The van der Waals surface area contributed by atoms with Crippen LogP contribution >= 0.6 is 35.6 Å². The van der Waals surface area contributed by atoms with E-state index in [0.717, 1.165) is 44.1 Å². The number of hydrogen-bond donors (Lipinski definition) is 2. The molecule has 2 N–H and O–H groups in total. The zero-order chi connectivity index (χ0) is 15.3. The Labute approximate surface area is 155 Å². The van der Waals surface area contributed by atoms with Crippen LogP contribution in [0.2, 0.25) is 5.15 Å². The van der Waals surface area contributed by atoms with E-state index in [-0.39, 0.29) is 24.0 Å². The van der Waals surface area contributed by atoms with Crippen molar-refractivity contribution in [3.05, 3.63) is 29.0 Å². The number of aromatic nitrogens is 1. The second-order valence-corrected chi connectivity index (χ2v) is 5.05. The van der Waals surface area contributed by atoms with Gasteiger partial charge in [-0.15, -0.1) is 24.0 Å². The Morgan fingerprint density at radius 3 is 2.68 bits per heavy atom. The number of aliphatic imine (C=N–C) groups is 1. The fourth-order valence-corrected chi connectivity index (χ4v) is 1.76. The van der Waals surface area contributed by atoms with Crippen LogP contribution in [0, 0.1) is 0 Å². The molecule has 0 spiro atoms. The van der Waals surface area contributed by atoms with Crippen LogP contribution in [-0.4, -0.2) is 37.7 Å². The minimum absolute atomic E-state index is 0. The van der Waals surface area contributed by atoms with E-state index in [1.165, 1.54) is 6.42 Å². The van der Waals surface area contributed by atoms with Gasteiger partial charge in [-0.2, -0.15) is 0 Å². The largest absolute Gasteiger partial charge is 0.381 e. The summed E-state index contributed by atoms with van der Waals surface area (Å²) in [5.41, 5.74) is 1.06. The average Bonchev–Trinajstić information content (AvgIpc) is 2.51. The number of nitrogens with zero attached hydrogens (tertiary/aromatic N) is 2. The lowest BCUT2D eigenvalue weighted by atomic mass is 10.3. The van der Waals surface area contributed by atoms with Gasteiger partial charge in [-0.1, -0.05) is 31.0 Å². The van der Waals surface area contributed by atoms with Crippen LogP contribution < -0.4 is 10.6 Å². The SMILES string of the molecule is CCCCOCCCNC(=NC)NCc1ccc(Cl)nc1.I. The quantitative estimate of drug-likeness (QED) is 0.203. The Balaban J connectivity index is 0.00000441. The minimum Gasteiger partial charge on any atom is -0.381 e. The second kappa shape index (κ2) is 14.0. The maximum atomic E-state index is 5.75. The van der Waals surface area contributed by atoms with Crippen molar-refractivity contribution in [2.45, 2.75) is 32.7 Å². The lowest BCUT2D eigenvalue weighted by Crippen LogP contribution is -2.37. The molecule has 0 atom stereocenters. The van der Waals surface area contributed by atoms with E-state index in [1.807, 2.05) is 6.07 Å². The molecular formula is C15H26ClIN4O. The standard InChI is InChI=1S/C15H25ClN4O.HI/c1-3-4-9-21-10-5-8-18-15(17-2)20-12-13-6-7-14(16)19-11-13;/h6-7,11H,3-5,8-10,12H2,1-2H3,(H2,17,18,20);1H. The highest BCUT2D eigenvalue weighted by Crippen LogP contribution is 2.04. The summed E-state index contributed by atoms with van der Waals surface area (Å²) in [6, 6.07) is 3.72. The van der Waals surface area contributed by atoms with Gasteiger partial charge in [0.05, 0.1) is 0 Å². The highest BCUT2D eigenvalue weighted by atomic mass is 127. The Morgan fingerprint density at radius 2 is 2.05 bits per heavy atom. The number of hydrogen-bond acceptors (Lipinski definition) is 3. The maximum absolute atomic E-state index is 5.75. The number of nitrogens with one attached hydrogen (secondary N) is 2. The van der Waals surface area contributed by atoms with Crippen LogP contribution in [0.5, 0.6) is 0 Å². The van der Waals surface area contributed by atoms with Crippen LogP contribution in [-0.2, 0) is 11.3 Å². The summed E-state index contributed by atoms with van der Waals surface area (Å²) in [4.78, 5) is 8.22. The van der Waals surface area contributed by atoms with Crippen molar-refractivity contribution in [3.63, 3.8) is 0 Å². The first-order valence-electron chi connectivity index (χ1n) is 7.39. The lowest BCUT2D eigenvalue weighted by molar-refractivity contribution is 0.129. The Bertz CT molecular complexity index is 415. The number of halogens is 2. The number of ether oxygens (including phenoxy) is 1. The van der Waals surface area contributed by atoms with Gasteiger partial charge in [0, 0.05) is 39.5 Å². The van der Waals surface area contributed by atoms with Crippen LogP contribution in [0.3, 0.4) is 0 Å². The second-order valence-electron chi connectivity index (χ2n) is 4.66. The van der Waals surface area contributed by atoms with Gasteiger partial charge >= 0.3 is 0 Å². The Morgan fingerprint density at radius 1 is 1.27 bits per heavy atom. The van der Waals surface area contributed by atoms with E-state index in [9.17, 15) is 0 Å². The number of pyridine rings is 1. The lowest BCUT2D eigenvalue weighted by Gasteiger charge is -2.12. The summed E-state index contributed by atoms with van der Waals surface area (Å²) < 4.78 is 5.51. The summed E-state index contributed by atoms with van der Waals surface area (Å²) >= 11 is 5.75. The normalized spacial score (nSPS) is 11.0. The summed E-state index contributed by atoms with van der Waals surface area (Å²) in [6.45, 7) is 5.30. The molecule has 5 nitrogen and oxygen atoms in total. The summed E-state index contributed by atoms with van der Waals surface area (Å²) in [6.07, 6.45) is 5.03. The molecule has 1 aromatic heterocycles. The van der Waals surface area contributed by atoms with Gasteiger partial charge in [0.15, 0.2) is 5.96 Å². The molecule has 0 radical (unpaired) electrons. The zero-order valence-electron chi connectivity index (χ0n) is 13.3. The first kappa shape index (κ1) is 21.4. The third kappa shape index (κ3) is 10.2. The third-order valence-electron chi connectivity index (χ3n) is 2.87. The molecule has 0 fully saturated rings. The molecule has 1 heterocycles. The van der Waals surface area contributed by atoms with Crippen LogP contribution in [0.15, 0.2) is 23.3 Å². The smallest absolute Gasteiger partial charge is 0.191 e. The van der Waals surface area contributed by atoms with E-state index in [4.69, 9.17) is 16.3 Å². The molecule has 0 aromatic carbocycles. The topological polar surface area (TPSA) is 58.5 Å². The molecule has 0 saturated carbocycles. The van der Waals surface area contributed by atoms with Gasteiger partial charge in [0.25, 0.3) is 0 Å². The highest BCUT2D eigenvalue weighted by Gasteiger charge is 1.98. The molecule has 0 bridgehead atoms. The van der Waals surface area contributed by atoms with Crippen LogP contribution in [0.25, 0.3) is 0 Å². The zero-order valence-corrected chi connectivity index (χ0v) is 16.4. The van der Waals surface area contributed by atoms with Crippen molar-refractivity contribution in [1.82, 2.24) is 15.6 Å². The van der Waals surface area contributed by atoms with Gasteiger partial charge in [0.2, 0.25) is 0 Å². The molecule has 0 aliphatic rings. The van der Waals surface area contributed by atoms with Gasteiger partial charge in [-0.25, -0.2) is 4.98 Å². The molecule has 22 heavy (non-hydrogen) atoms. The van der Waals surface area contributed by atoms with Crippen molar-refractivity contribution in [2.24, 2.45) is 4.99 Å². The molecule has 7 heteroatoms. The summed E-state index contributed by atoms with van der Waals surface area (Å²) in [7, 11) is 1.76. The molecular weight excluding hydrogens is 415 g/mol. The van der Waals surface area contributed by atoms with Crippen molar-refractivity contribution < 1.29 is 4.74 Å². The monoisotopic (exact) mass is 440 g/mol. The molecule has 0 aliphatic heterocycles. The number of unbranched alkanes of at least 4 members (excludes halogenated alkanes) is 1. The van der Waals surface area contributed by atoms with E-state index in [0.29, 0.717) is 11.7 Å². The number of rotatable bonds is 9. The first-order chi connectivity index (χ1) is 10.3. The van der Waals surface area contributed by atoms with Crippen LogP contribution in [0.1, 0.15) is 31.7 Å². The number of guanidine groups is 1. The van der Waals surface area contributed by atoms with E-state index >= 15 is 0 Å². The van der Waals surface area contributed by atoms with Crippen molar-refractivity contribution >= 4 is 41.5 Å². The van der Waals surface area contributed by atoms with Crippen LogP contribution in [0.4, 0.5) is 0 Å². The van der Waals surface area contributed by atoms with Gasteiger partial charge < -0.3 is 15.4 Å². The summed E-state index contributed by atoms with van der Waals surface area (Å²) in [5, 5.41) is 6.99. The van der Waals surface area contributed by atoms with Gasteiger partial charge in [0.1, 0.15) is 5.15 Å². The first-order valence-corrected chi connectivity index (χ1v) is 7.76. The van der Waals surface area contributed by atoms with E-state index < -0.39 is 0 Å². The Kier molecular flexibility index (Phi) is 13.6. The van der Waals surface area contributed by atoms with E-state index in [2.05, 4.69) is 27.5 Å². The van der Waals surface area contributed by atoms with Gasteiger partial charge in [-0.3, -0.25) is 4.99 Å². The van der Waals surface area contributed by atoms with Crippen molar-refractivity contribution in [1.29, 1.82) is 0 Å². The van der Waals surface area contributed by atoms with E-state index in [1.54, 1.807) is 19.3 Å². The molecule has 126 valence electrons. The molecule has 1 rings (SSSR count). The molecule has 0 saturated heterocycles. The molecule has 0 unspecified atom stereocenters. The predicted octanol–water partition coefficient (Wildman–Crippen LogP) is 3.22. The maximum Gasteiger partial charge on any atom is 0.191 e. The average molecular weight is 441 g/mol.